The fourth-order valence-electron chi connectivity index (χ4n) is 4.18. The van der Waals surface area contributed by atoms with Gasteiger partial charge in [0.2, 0.25) is 0 Å². The van der Waals surface area contributed by atoms with Gasteiger partial charge >= 0.3 is 0 Å². The normalized spacial score (nSPS) is 15.5. The number of amides is 1. The van der Waals surface area contributed by atoms with E-state index in [2.05, 4.69) is 20.4 Å². The molecule has 33 heavy (non-hydrogen) atoms. The lowest BCUT2D eigenvalue weighted by Crippen LogP contribution is -2.50. The Balaban J connectivity index is 1.41. The average molecular weight is 446 g/mol. The molecule has 2 aromatic heterocycles. The smallest absolute Gasteiger partial charge is 0.289 e. The maximum atomic E-state index is 13.7. The van der Waals surface area contributed by atoms with E-state index in [1.165, 1.54) is 18.4 Å². The van der Waals surface area contributed by atoms with Crippen LogP contribution in [0.2, 0.25) is 0 Å². The van der Waals surface area contributed by atoms with Crippen molar-refractivity contribution in [3.8, 4) is 0 Å². The molecule has 0 spiro atoms. The summed E-state index contributed by atoms with van der Waals surface area (Å²) in [5.74, 6) is 0.601. The minimum absolute atomic E-state index is 0.119. The van der Waals surface area contributed by atoms with E-state index in [1.54, 1.807) is 33.8 Å². The van der Waals surface area contributed by atoms with Crippen molar-refractivity contribution < 1.29 is 13.6 Å². The monoisotopic (exact) mass is 446 g/mol. The second kappa shape index (κ2) is 9.33. The predicted molar refractivity (Wildman–Crippen MR) is 118 cm³/mol. The van der Waals surface area contributed by atoms with Crippen LogP contribution in [0.15, 0.2) is 77.4 Å². The number of furan rings is 1. The Morgan fingerprint density at radius 3 is 2.42 bits per heavy atom. The van der Waals surface area contributed by atoms with E-state index in [0.717, 1.165) is 11.1 Å². The summed E-state index contributed by atoms with van der Waals surface area (Å²) in [6.45, 7) is 2.84. The molecule has 0 N–H and O–H groups in total. The van der Waals surface area contributed by atoms with Crippen molar-refractivity contribution in [3.63, 3.8) is 0 Å². The van der Waals surface area contributed by atoms with Crippen molar-refractivity contribution in [2.24, 2.45) is 0 Å². The summed E-state index contributed by atoms with van der Waals surface area (Å²) in [6.07, 6.45) is 1.50. The van der Waals surface area contributed by atoms with E-state index in [9.17, 15) is 9.18 Å². The summed E-state index contributed by atoms with van der Waals surface area (Å²) >= 11 is 0. The van der Waals surface area contributed by atoms with Gasteiger partial charge in [0.1, 0.15) is 5.82 Å². The van der Waals surface area contributed by atoms with E-state index in [-0.39, 0.29) is 17.8 Å². The van der Waals surface area contributed by atoms with Gasteiger partial charge in [-0.25, -0.2) is 9.07 Å². The van der Waals surface area contributed by atoms with Crippen molar-refractivity contribution in [3.05, 3.63) is 102 Å². The van der Waals surface area contributed by atoms with Crippen LogP contribution in [0.1, 0.15) is 33.5 Å². The van der Waals surface area contributed by atoms with Gasteiger partial charge in [-0.05, 0) is 45.8 Å². The van der Waals surface area contributed by atoms with Gasteiger partial charge in [0, 0.05) is 26.2 Å². The number of hydrogen-bond donors (Lipinski definition) is 0. The van der Waals surface area contributed by atoms with Crippen LogP contribution >= 0.6 is 0 Å². The molecule has 1 atom stereocenters. The molecule has 0 bridgehead atoms. The average Bonchev–Trinajstić information content (AvgIpc) is 3.54. The highest BCUT2D eigenvalue weighted by atomic mass is 19.1. The van der Waals surface area contributed by atoms with Crippen molar-refractivity contribution in [1.82, 2.24) is 30.0 Å². The van der Waals surface area contributed by atoms with Crippen molar-refractivity contribution in [2.45, 2.75) is 12.6 Å². The molecular formula is C24H23FN6O2. The van der Waals surface area contributed by atoms with Gasteiger partial charge in [0.05, 0.1) is 18.8 Å². The van der Waals surface area contributed by atoms with E-state index in [0.29, 0.717) is 44.3 Å². The molecule has 1 aliphatic rings. The van der Waals surface area contributed by atoms with Gasteiger partial charge in [-0.3, -0.25) is 9.69 Å². The molecule has 2 aromatic carbocycles. The Hall–Kier alpha value is -3.85. The van der Waals surface area contributed by atoms with E-state index >= 15 is 0 Å². The van der Waals surface area contributed by atoms with Gasteiger partial charge in [-0.1, -0.05) is 42.5 Å². The number of piperazine rings is 1. The van der Waals surface area contributed by atoms with E-state index in [1.807, 2.05) is 30.3 Å². The highest BCUT2D eigenvalue weighted by Gasteiger charge is 2.32. The first kappa shape index (κ1) is 21.0. The van der Waals surface area contributed by atoms with Crippen LogP contribution in [0.4, 0.5) is 4.39 Å². The minimum atomic E-state index is -0.296. The second-order valence-corrected chi connectivity index (χ2v) is 7.94. The van der Waals surface area contributed by atoms with E-state index in [4.69, 9.17) is 4.42 Å². The number of rotatable bonds is 6. The van der Waals surface area contributed by atoms with Gasteiger partial charge in [-0.15, -0.1) is 5.10 Å². The number of benzene rings is 2. The number of carbonyl (C=O) groups excluding carboxylic acids is 1. The van der Waals surface area contributed by atoms with Gasteiger partial charge < -0.3 is 9.32 Å². The lowest BCUT2D eigenvalue weighted by molar-refractivity contribution is 0.0559. The number of halogens is 1. The first-order chi connectivity index (χ1) is 16.2. The lowest BCUT2D eigenvalue weighted by Gasteiger charge is -2.38. The Morgan fingerprint density at radius 1 is 0.970 bits per heavy atom. The van der Waals surface area contributed by atoms with Crippen LogP contribution in [0.25, 0.3) is 0 Å². The second-order valence-electron chi connectivity index (χ2n) is 7.94. The summed E-state index contributed by atoms with van der Waals surface area (Å²) in [5.41, 5.74) is 1.98. The molecule has 1 fully saturated rings. The van der Waals surface area contributed by atoms with Gasteiger partial charge in [0.15, 0.2) is 11.6 Å². The van der Waals surface area contributed by atoms with Crippen molar-refractivity contribution >= 4 is 5.91 Å². The maximum absolute atomic E-state index is 13.7. The summed E-state index contributed by atoms with van der Waals surface area (Å²) < 4.78 is 20.7. The Bertz CT molecular complexity index is 1190. The molecule has 3 heterocycles. The minimum Gasteiger partial charge on any atom is -0.459 e. The van der Waals surface area contributed by atoms with E-state index < -0.39 is 0 Å². The zero-order valence-corrected chi connectivity index (χ0v) is 17.9. The highest BCUT2D eigenvalue weighted by Crippen LogP contribution is 2.29. The zero-order chi connectivity index (χ0) is 22.6. The first-order valence-electron chi connectivity index (χ1n) is 10.8. The molecule has 9 heteroatoms. The number of aromatic nitrogens is 4. The molecule has 1 amide bonds. The Kier molecular flexibility index (Phi) is 5.95. The van der Waals surface area contributed by atoms with Crippen LogP contribution in [-0.2, 0) is 6.54 Å². The Labute approximate surface area is 190 Å². The Morgan fingerprint density at radius 2 is 1.73 bits per heavy atom. The summed E-state index contributed by atoms with van der Waals surface area (Å²) in [4.78, 5) is 16.7. The molecule has 1 aliphatic heterocycles. The molecule has 1 saturated heterocycles. The molecular weight excluding hydrogens is 423 g/mol. The quantitative estimate of drug-likeness (QED) is 0.453. The SMILES string of the molecule is O=C(c1ccco1)N1CCN([C@H](c2ccc(F)cc2)c2nnnn2Cc2ccccc2)CC1. The number of hydrogen-bond acceptors (Lipinski definition) is 6. The third kappa shape index (κ3) is 4.54. The zero-order valence-electron chi connectivity index (χ0n) is 17.9. The van der Waals surface area contributed by atoms with Crippen molar-refractivity contribution in [1.29, 1.82) is 0 Å². The predicted octanol–water partition coefficient (Wildman–Crippen LogP) is 3.00. The number of nitrogens with zero attached hydrogens (tertiary/aromatic N) is 6. The van der Waals surface area contributed by atoms with Crippen LogP contribution in [0.3, 0.4) is 0 Å². The molecule has 8 nitrogen and oxygen atoms in total. The molecule has 0 saturated carbocycles. The van der Waals surface area contributed by atoms with Gasteiger partial charge in [-0.2, -0.15) is 0 Å². The molecule has 0 unspecified atom stereocenters. The molecule has 4 aromatic rings. The fraction of sp³-hybridized carbons (Fsp3) is 0.250. The third-order valence-corrected chi connectivity index (χ3v) is 5.86. The topological polar surface area (TPSA) is 80.3 Å². The number of tetrazole rings is 1. The highest BCUT2D eigenvalue weighted by molar-refractivity contribution is 5.91. The van der Waals surface area contributed by atoms with Crippen LogP contribution in [-0.4, -0.2) is 62.1 Å². The summed E-state index contributed by atoms with van der Waals surface area (Å²) in [7, 11) is 0. The largest absolute Gasteiger partial charge is 0.459 e. The number of carbonyl (C=O) groups is 1. The first-order valence-corrected chi connectivity index (χ1v) is 10.8. The lowest BCUT2D eigenvalue weighted by atomic mass is 10.0. The maximum Gasteiger partial charge on any atom is 0.289 e. The molecule has 168 valence electrons. The molecule has 0 radical (unpaired) electrons. The van der Waals surface area contributed by atoms with Gasteiger partial charge in [0.25, 0.3) is 5.91 Å². The standard InChI is InChI=1S/C24H23FN6O2/c25-20-10-8-19(9-11-20)22(23-26-27-28-31(23)17-18-5-2-1-3-6-18)29-12-14-30(15-13-29)24(32)21-7-4-16-33-21/h1-11,16,22H,12-15,17H2/t22-/m1/s1. The van der Waals surface area contributed by atoms with Crippen LogP contribution in [0.5, 0.6) is 0 Å². The summed E-state index contributed by atoms with van der Waals surface area (Å²) in [5, 5.41) is 12.5. The fourth-order valence-corrected chi connectivity index (χ4v) is 4.18. The molecule has 5 rings (SSSR count). The summed E-state index contributed by atoms with van der Waals surface area (Å²) in [6, 6.07) is 19.5. The third-order valence-electron chi connectivity index (χ3n) is 5.86. The van der Waals surface area contributed by atoms with Crippen molar-refractivity contribution in [2.75, 3.05) is 26.2 Å². The van der Waals surface area contributed by atoms with Crippen LogP contribution < -0.4 is 0 Å². The molecule has 0 aliphatic carbocycles. The van der Waals surface area contributed by atoms with Crippen LogP contribution in [0, 0.1) is 5.82 Å².